The van der Waals surface area contributed by atoms with Crippen molar-refractivity contribution in [1.82, 2.24) is 29.5 Å². The van der Waals surface area contributed by atoms with Gasteiger partial charge in [-0.2, -0.15) is 0 Å². The van der Waals surface area contributed by atoms with E-state index in [1.807, 2.05) is 39.0 Å². The molecule has 0 bridgehead atoms. The summed E-state index contributed by atoms with van der Waals surface area (Å²) in [6, 6.07) is 7.95. The fourth-order valence-electron chi connectivity index (χ4n) is 4.06. The Kier molecular flexibility index (Phi) is 5.49. The lowest BCUT2D eigenvalue weighted by Gasteiger charge is -2.23. The van der Waals surface area contributed by atoms with Crippen LogP contribution in [-0.4, -0.2) is 29.5 Å². The van der Waals surface area contributed by atoms with E-state index in [2.05, 4.69) is 25.3 Å². The molecule has 3 heterocycles. The van der Waals surface area contributed by atoms with E-state index in [0.29, 0.717) is 40.4 Å². The smallest absolute Gasteiger partial charge is 0.267 e. The van der Waals surface area contributed by atoms with Crippen molar-refractivity contribution in [2.45, 2.75) is 33.2 Å². The van der Waals surface area contributed by atoms with Crippen LogP contribution in [0.3, 0.4) is 0 Å². The predicted molar refractivity (Wildman–Crippen MR) is 130 cm³/mol. The van der Waals surface area contributed by atoms with E-state index >= 15 is 0 Å². The lowest BCUT2D eigenvalue weighted by atomic mass is 10.1. The normalized spacial score (nSPS) is 12.4. The number of hydrogen-bond acceptors (Lipinski definition) is 6. The maximum atomic E-state index is 14.3. The maximum absolute atomic E-state index is 14.3. The van der Waals surface area contributed by atoms with Gasteiger partial charge in [0.2, 0.25) is 0 Å². The molecule has 1 unspecified atom stereocenters. The first-order chi connectivity index (χ1) is 16.4. The lowest BCUT2D eigenvalue weighted by Crippen LogP contribution is -2.29. The molecule has 0 spiro atoms. The first kappa shape index (κ1) is 22.0. The molecule has 0 aliphatic heterocycles. The van der Waals surface area contributed by atoms with Gasteiger partial charge in [-0.25, -0.2) is 24.3 Å². The lowest BCUT2D eigenvalue weighted by molar-refractivity contribution is 0.628. The average molecular weight is 478 g/mol. The molecule has 1 atom stereocenters. The van der Waals surface area contributed by atoms with E-state index in [1.165, 1.54) is 23.0 Å². The highest BCUT2D eigenvalue weighted by Gasteiger charge is 2.24. The number of benzene rings is 2. The first-order valence-electron chi connectivity index (χ1n) is 10.8. The fraction of sp³-hybridized carbons (Fsp3) is 0.208. The second kappa shape index (κ2) is 8.49. The number of rotatable bonds is 5. The Morgan fingerprint density at radius 3 is 2.79 bits per heavy atom. The number of aryl methyl sites for hydroxylation is 1. The monoisotopic (exact) mass is 477 g/mol. The molecule has 172 valence electrons. The predicted octanol–water partition coefficient (Wildman–Crippen LogP) is 5.02. The summed E-state index contributed by atoms with van der Waals surface area (Å²) < 4.78 is 15.8. The van der Waals surface area contributed by atoms with Crippen LogP contribution in [0.2, 0.25) is 5.02 Å². The number of hydrogen-bond donors (Lipinski definition) is 2. The molecule has 0 amide bonds. The van der Waals surface area contributed by atoms with Gasteiger partial charge in [-0.05, 0) is 49.6 Å². The van der Waals surface area contributed by atoms with Crippen LogP contribution in [0.4, 0.5) is 10.2 Å². The van der Waals surface area contributed by atoms with Gasteiger partial charge in [-0.15, -0.1) is 0 Å². The highest BCUT2D eigenvalue weighted by molar-refractivity contribution is 6.35. The third-order valence-corrected chi connectivity index (χ3v) is 6.39. The molecule has 0 saturated carbocycles. The van der Waals surface area contributed by atoms with Crippen LogP contribution in [0, 0.1) is 19.7 Å². The molecule has 0 aliphatic carbocycles. The van der Waals surface area contributed by atoms with Gasteiger partial charge in [-0.3, -0.25) is 9.36 Å². The summed E-state index contributed by atoms with van der Waals surface area (Å²) in [4.78, 5) is 34.4. The Labute approximate surface area is 198 Å². The van der Waals surface area contributed by atoms with E-state index in [9.17, 15) is 9.18 Å². The van der Waals surface area contributed by atoms with Crippen LogP contribution in [-0.2, 0) is 0 Å². The topological polar surface area (TPSA) is 101 Å². The molecule has 34 heavy (non-hydrogen) atoms. The van der Waals surface area contributed by atoms with Crippen LogP contribution in [0.15, 0.2) is 47.8 Å². The van der Waals surface area contributed by atoms with E-state index in [4.69, 9.17) is 16.6 Å². The minimum absolute atomic E-state index is 0.0397. The molecule has 2 aromatic carbocycles. The van der Waals surface area contributed by atoms with Gasteiger partial charge < -0.3 is 10.3 Å². The molecule has 0 radical (unpaired) electrons. The van der Waals surface area contributed by atoms with Crippen LogP contribution in [0.5, 0.6) is 0 Å². The van der Waals surface area contributed by atoms with Gasteiger partial charge in [0.1, 0.15) is 23.5 Å². The number of H-pyrrole nitrogens is 1. The Balaban J connectivity index is 1.79. The highest BCUT2D eigenvalue weighted by Crippen LogP contribution is 2.29. The quantitative estimate of drug-likeness (QED) is 0.368. The number of anilines is 1. The highest BCUT2D eigenvalue weighted by atomic mass is 35.5. The van der Waals surface area contributed by atoms with Gasteiger partial charge in [0.15, 0.2) is 11.5 Å². The molecular formula is C24H21ClFN7O. The summed E-state index contributed by atoms with van der Waals surface area (Å²) >= 11 is 6.24. The number of aromatic amines is 1. The van der Waals surface area contributed by atoms with Gasteiger partial charge in [0.05, 0.1) is 34.0 Å². The molecule has 0 fully saturated rings. The summed E-state index contributed by atoms with van der Waals surface area (Å²) in [5, 5.41) is 3.17. The minimum Gasteiger partial charge on any atom is -0.358 e. The largest absolute Gasteiger partial charge is 0.358 e. The standard InChI is InChI=1S/C24H21ClFN7O/c1-4-15(31-22-20-21(28-10-27-20)29-11-30-22)23-32-16-9-8-14(26)19(25)18(16)24(34)33(23)17-7-5-6-12(2)13(17)3/h5-11,15H,4H2,1-3H3,(H2,27,28,29,30,31). The molecule has 5 rings (SSSR count). The molecule has 0 saturated heterocycles. The number of nitrogens with one attached hydrogen (secondary N) is 2. The number of nitrogens with zero attached hydrogens (tertiary/aromatic N) is 5. The van der Waals surface area contributed by atoms with Crippen molar-refractivity contribution >= 4 is 39.5 Å². The summed E-state index contributed by atoms with van der Waals surface area (Å²) in [5.41, 5.74) is 3.62. The molecule has 3 aromatic heterocycles. The Morgan fingerprint density at radius 2 is 2.00 bits per heavy atom. The van der Waals surface area contributed by atoms with Crippen molar-refractivity contribution in [2.75, 3.05) is 5.32 Å². The second-order valence-corrected chi connectivity index (χ2v) is 8.39. The Hall–Kier alpha value is -3.85. The van der Waals surface area contributed by atoms with E-state index < -0.39 is 17.4 Å². The van der Waals surface area contributed by atoms with Gasteiger partial charge >= 0.3 is 0 Å². The Morgan fingerprint density at radius 1 is 1.18 bits per heavy atom. The number of halogens is 2. The third-order valence-electron chi connectivity index (χ3n) is 6.02. The zero-order valence-electron chi connectivity index (χ0n) is 18.7. The molecule has 5 aromatic rings. The second-order valence-electron chi connectivity index (χ2n) is 8.01. The number of aromatic nitrogens is 6. The number of fused-ring (bicyclic) bond motifs is 2. The van der Waals surface area contributed by atoms with Crippen LogP contribution in [0.25, 0.3) is 27.8 Å². The van der Waals surface area contributed by atoms with E-state index in [1.54, 1.807) is 6.33 Å². The van der Waals surface area contributed by atoms with E-state index in [0.717, 1.165) is 11.1 Å². The fourth-order valence-corrected chi connectivity index (χ4v) is 4.30. The van der Waals surface area contributed by atoms with E-state index in [-0.39, 0.29) is 10.4 Å². The first-order valence-corrected chi connectivity index (χ1v) is 11.2. The van der Waals surface area contributed by atoms with Crippen molar-refractivity contribution in [1.29, 1.82) is 0 Å². The molecule has 2 N–H and O–H groups in total. The summed E-state index contributed by atoms with van der Waals surface area (Å²) in [6.07, 6.45) is 3.56. The summed E-state index contributed by atoms with van der Waals surface area (Å²) in [5.74, 6) is 0.302. The minimum atomic E-state index is -0.666. The van der Waals surface area contributed by atoms with Crippen molar-refractivity contribution in [2.24, 2.45) is 0 Å². The number of imidazole rings is 1. The Bertz CT molecular complexity index is 1610. The van der Waals surface area contributed by atoms with Crippen molar-refractivity contribution < 1.29 is 4.39 Å². The molecular weight excluding hydrogens is 457 g/mol. The van der Waals surface area contributed by atoms with Gasteiger partial charge in [-0.1, -0.05) is 30.7 Å². The zero-order valence-corrected chi connectivity index (χ0v) is 19.5. The summed E-state index contributed by atoms with van der Waals surface area (Å²) in [6.45, 7) is 5.88. The maximum Gasteiger partial charge on any atom is 0.267 e. The summed E-state index contributed by atoms with van der Waals surface area (Å²) in [7, 11) is 0. The third kappa shape index (κ3) is 3.49. The van der Waals surface area contributed by atoms with Gasteiger partial charge in [0, 0.05) is 0 Å². The molecule has 8 nitrogen and oxygen atoms in total. The van der Waals surface area contributed by atoms with Gasteiger partial charge in [0.25, 0.3) is 5.56 Å². The SMILES string of the molecule is CCC(Nc1ncnc2[nH]cnc12)c1nc2ccc(F)c(Cl)c2c(=O)n1-c1cccc(C)c1C. The van der Waals surface area contributed by atoms with Crippen LogP contribution in [0.1, 0.15) is 36.3 Å². The molecule has 10 heteroatoms. The average Bonchev–Trinajstić information content (AvgIpc) is 3.31. The van der Waals surface area contributed by atoms with Crippen molar-refractivity contribution in [3.63, 3.8) is 0 Å². The van der Waals surface area contributed by atoms with Crippen LogP contribution >= 0.6 is 11.6 Å². The van der Waals surface area contributed by atoms with Crippen LogP contribution < -0.4 is 10.9 Å². The van der Waals surface area contributed by atoms with Crippen molar-refractivity contribution in [3.05, 3.63) is 81.1 Å². The zero-order chi connectivity index (χ0) is 24.0. The molecule has 0 aliphatic rings. The van der Waals surface area contributed by atoms with Crippen molar-refractivity contribution in [3.8, 4) is 5.69 Å².